The van der Waals surface area contributed by atoms with Crippen LogP contribution in [0.3, 0.4) is 0 Å². The number of hydrogen-bond donors (Lipinski definition) is 1. The van der Waals surface area contributed by atoms with Crippen molar-refractivity contribution in [1.29, 1.82) is 0 Å². The Morgan fingerprint density at radius 3 is 3.00 bits per heavy atom. The third kappa shape index (κ3) is 1.71. The fourth-order valence-corrected chi connectivity index (χ4v) is 3.05. The summed E-state index contributed by atoms with van der Waals surface area (Å²) in [6.07, 6.45) is 1.11. The summed E-state index contributed by atoms with van der Waals surface area (Å²) in [5.74, 6) is -0.0712. The van der Waals surface area contributed by atoms with E-state index in [0.29, 0.717) is 25.1 Å². The Kier molecular flexibility index (Phi) is 2.56. The molecule has 1 spiro atoms. The third-order valence-corrected chi connectivity index (χ3v) is 3.98. The maximum Gasteiger partial charge on any atom is 0.269 e. The summed E-state index contributed by atoms with van der Waals surface area (Å²) in [7, 11) is 0. The number of fused-ring (bicyclic) bond motifs is 2. The highest BCUT2D eigenvalue weighted by Gasteiger charge is 2.49. The van der Waals surface area contributed by atoms with Crippen LogP contribution in [0.25, 0.3) is 0 Å². The standard InChI is InChI=1S/C13H14N2O4/c1-8-7-13(4-5-19-8)10-6-9(15(17)18)2-3-11(10)14-12(13)16/h2-3,6,8H,4-5,7H2,1H3,(H,14,16). The number of amides is 1. The van der Waals surface area contributed by atoms with Gasteiger partial charge in [0, 0.05) is 24.4 Å². The molecule has 0 aromatic heterocycles. The van der Waals surface area contributed by atoms with E-state index in [4.69, 9.17) is 4.74 Å². The maximum atomic E-state index is 12.3. The molecule has 6 nitrogen and oxygen atoms in total. The number of nitrogens with one attached hydrogen (secondary N) is 1. The van der Waals surface area contributed by atoms with Gasteiger partial charge in [-0.3, -0.25) is 14.9 Å². The maximum absolute atomic E-state index is 12.3. The number of nitrogens with zero attached hydrogens (tertiary/aromatic N) is 1. The zero-order valence-corrected chi connectivity index (χ0v) is 10.5. The summed E-state index contributed by atoms with van der Waals surface area (Å²) in [5.41, 5.74) is 0.777. The number of nitro benzene ring substituents is 1. The molecule has 0 saturated carbocycles. The summed E-state index contributed by atoms with van der Waals surface area (Å²) in [6.45, 7) is 2.42. The van der Waals surface area contributed by atoms with E-state index in [2.05, 4.69) is 5.32 Å². The summed E-state index contributed by atoms with van der Waals surface area (Å²) in [5, 5.41) is 13.7. The number of carbonyl (C=O) groups is 1. The Bertz CT molecular complexity index is 572. The first kappa shape index (κ1) is 12.1. The zero-order chi connectivity index (χ0) is 13.6. The molecule has 1 aromatic carbocycles. The van der Waals surface area contributed by atoms with Gasteiger partial charge in [0.15, 0.2) is 0 Å². The highest BCUT2D eigenvalue weighted by Crippen LogP contribution is 2.46. The molecule has 3 rings (SSSR count). The second-order valence-corrected chi connectivity index (χ2v) is 5.16. The van der Waals surface area contributed by atoms with E-state index < -0.39 is 10.3 Å². The second kappa shape index (κ2) is 4.03. The number of ether oxygens (including phenoxy) is 1. The van der Waals surface area contributed by atoms with Gasteiger partial charge in [-0.05, 0) is 31.4 Å². The molecular weight excluding hydrogens is 248 g/mol. The van der Waals surface area contributed by atoms with Crippen LogP contribution < -0.4 is 5.32 Å². The topological polar surface area (TPSA) is 81.5 Å². The Balaban J connectivity index is 2.11. The molecule has 1 aromatic rings. The van der Waals surface area contributed by atoms with Gasteiger partial charge in [0.25, 0.3) is 5.69 Å². The van der Waals surface area contributed by atoms with E-state index in [1.54, 1.807) is 6.07 Å². The monoisotopic (exact) mass is 262 g/mol. The Morgan fingerprint density at radius 2 is 2.32 bits per heavy atom. The molecule has 100 valence electrons. The lowest BCUT2D eigenvalue weighted by molar-refractivity contribution is -0.384. The normalized spacial score (nSPS) is 29.1. The van der Waals surface area contributed by atoms with Crippen molar-refractivity contribution in [3.05, 3.63) is 33.9 Å². The molecule has 1 N–H and O–H groups in total. The molecule has 2 unspecified atom stereocenters. The number of anilines is 1. The first-order valence-corrected chi connectivity index (χ1v) is 6.25. The minimum Gasteiger partial charge on any atom is -0.378 e. The number of rotatable bonds is 1. The molecule has 0 radical (unpaired) electrons. The molecule has 1 fully saturated rings. The van der Waals surface area contributed by atoms with Crippen LogP contribution in [0.15, 0.2) is 18.2 Å². The van der Waals surface area contributed by atoms with Crippen LogP contribution >= 0.6 is 0 Å². The van der Waals surface area contributed by atoms with Gasteiger partial charge < -0.3 is 10.1 Å². The fourth-order valence-electron chi connectivity index (χ4n) is 3.05. The number of non-ortho nitro benzene ring substituents is 1. The van der Waals surface area contributed by atoms with E-state index in [-0.39, 0.29) is 17.7 Å². The number of benzene rings is 1. The molecule has 2 aliphatic heterocycles. The van der Waals surface area contributed by atoms with Gasteiger partial charge in [-0.2, -0.15) is 0 Å². The van der Waals surface area contributed by atoms with Crippen LogP contribution in [0.2, 0.25) is 0 Å². The predicted molar refractivity (Wildman–Crippen MR) is 68.1 cm³/mol. The SMILES string of the molecule is CC1CC2(CCO1)C(=O)Nc1ccc([N+](=O)[O-])cc12. The van der Waals surface area contributed by atoms with Crippen molar-refractivity contribution >= 4 is 17.3 Å². The van der Waals surface area contributed by atoms with E-state index in [1.165, 1.54) is 12.1 Å². The molecule has 2 aliphatic rings. The molecule has 1 amide bonds. The molecule has 19 heavy (non-hydrogen) atoms. The minimum atomic E-state index is -0.668. The van der Waals surface area contributed by atoms with Gasteiger partial charge in [-0.15, -0.1) is 0 Å². The largest absolute Gasteiger partial charge is 0.378 e. The molecular formula is C13H14N2O4. The van der Waals surface area contributed by atoms with Gasteiger partial charge in [0.05, 0.1) is 16.4 Å². The van der Waals surface area contributed by atoms with Crippen LogP contribution in [0.5, 0.6) is 0 Å². The first-order valence-electron chi connectivity index (χ1n) is 6.25. The molecule has 2 atom stereocenters. The lowest BCUT2D eigenvalue weighted by atomic mass is 9.73. The molecule has 0 bridgehead atoms. The summed E-state index contributed by atoms with van der Waals surface area (Å²) < 4.78 is 5.49. The number of hydrogen-bond acceptors (Lipinski definition) is 4. The molecule has 6 heteroatoms. The fraction of sp³-hybridized carbons (Fsp3) is 0.462. The Morgan fingerprint density at radius 1 is 1.53 bits per heavy atom. The lowest BCUT2D eigenvalue weighted by Gasteiger charge is -2.35. The smallest absolute Gasteiger partial charge is 0.269 e. The first-order chi connectivity index (χ1) is 9.03. The average molecular weight is 262 g/mol. The number of carbonyl (C=O) groups excluding carboxylic acids is 1. The van der Waals surface area contributed by atoms with Crippen molar-refractivity contribution in [3.8, 4) is 0 Å². The third-order valence-electron chi connectivity index (χ3n) is 3.98. The zero-order valence-electron chi connectivity index (χ0n) is 10.5. The summed E-state index contributed by atoms with van der Waals surface area (Å²) >= 11 is 0. The predicted octanol–water partition coefficient (Wildman–Crippen LogP) is 1.98. The van der Waals surface area contributed by atoms with Gasteiger partial charge in [-0.1, -0.05) is 0 Å². The lowest BCUT2D eigenvalue weighted by Crippen LogP contribution is -2.42. The van der Waals surface area contributed by atoms with E-state index in [0.717, 1.165) is 5.56 Å². The van der Waals surface area contributed by atoms with Gasteiger partial charge in [0.1, 0.15) is 0 Å². The molecule has 0 aliphatic carbocycles. The van der Waals surface area contributed by atoms with E-state index in [9.17, 15) is 14.9 Å². The van der Waals surface area contributed by atoms with Crippen molar-refractivity contribution in [2.45, 2.75) is 31.3 Å². The van der Waals surface area contributed by atoms with Crippen LogP contribution in [0.1, 0.15) is 25.3 Å². The Hall–Kier alpha value is -1.95. The van der Waals surface area contributed by atoms with Crippen molar-refractivity contribution in [1.82, 2.24) is 0 Å². The Labute approximate surface area is 109 Å². The highest BCUT2D eigenvalue weighted by molar-refractivity contribution is 6.06. The number of nitro groups is 1. The van der Waals surface area contributed by atoms with Crippen LogP contribution in [-0.4, -0.2) is 23.5 Å². The van der Waals surface area contributed by atoms with Gasteiger partial charge in [-0.25, -0.2) is 0 Å². The van der Waals surface area contributed by atoms with Crippen LogP contribution in [0.4, 0.5) is 11.4 Å². The van der Waals surface area contributed by atoms with Crippen LogP contribution in [-0.2, 0) is 14.9 Å². The van der Waals surface area contributed by atoms with Crippen molar-refractivity contribution < 1.29 is 14.5 Å². The van der Waals surface area contributed by atoms with Crippen molar-refractivity contribution in [3.63, 3.8) is 0 Å². The minimum absolute atomic E-state index is 0.0220. The van der Waals surface area contributed by atoms with E-state index in [1.807, 2.05) is 6.92 Å². The van der Waals surface area contributed by atoms with Crippen molar-refractivity contribution in [2.24, 2.45) is 0 Å². The summed E-state index contributed by atoms with van der Waals surface area (Å²) in [4.78, 5) is 22.8. The van der Waals surface area contributed by atoms with Gasteiger partial charge >= 0.3 is 0 Å². The second-order valence-electron chi connectivity index (χ2n) is 5.16. The van der Waals surface area contributed by atoms with Crippen LogP contribution in [0, 0.1) is 10.1 Å². The summed E-state index contributed by atoms with van der Waals surface area (Å²) in [6, 6.07) is 4.55. The van der Waals surface area contributed by atoms with Gasteiger partial charge in [0.2, 0.25) is 5.91 Å². The average Bonchev–Trinajstić information content (AvgIpc) is 2.62. The van der Waals surface area contributed by atoms with E-state index >= 15 is 0 Å². The molecule has 2 heterocycles. The quantitative estimate of drug-likeness (QED) is 0.619. The van der Waals surface area contributed by atoms with Crippen molar-refractivity contribution in [2.75, 3.05) is 11.9 Å². The highest BCUT2D eigenvalue weighted by atomic mass is 16.6. The molecule has 1 saturated heterocycles.